The quantitative estimate of drug-likeness (QED) is 0.700. The molecule has 1 aromatic rings. The third-order valence-corrected chi connectivity index (χ3v) is 4.76. The Morgan fingerprint density at radius 3 is 2.58 bits per heavy atom. The topological polar surface area (TPSA) is 38.0 Å². The maximum absolute atomic E-state index is 6.20. The van der Waals surface area contributed by atoms with Crippen LogP contribution in [0.3, 0.4) is 0 Å². The van der Waals surface area contributed by atoms with Gasteiger partial charge in [-0.05, 0) is 49.6 Å². The molecule has 0 amide bonds. The van der Waals surface area contributed by atoms with Crippen LogP contribution in [0.4, 0.5) is 0 Å². The van der Waals surface area contributed by atoms with E-state index in [-0.39, 0.29) is 6.04 Å². The molecule has 0 saturated heterocycles. The second-order valence-electron chi connectivity index (χ2n) is 6.04. The van der Waals surface area contributed by atoms with E-state index >= 15 is 0 Å². The Morgan fingerprint density at radius 1 is 1.26 bits per heavy atom. The van der Waals surface area contributed by atoms with Crippen molar-refractivity contribution in [3.8, 4) is 0 Å². The van der Waals surface area contributed by atoms with E-state index in [4.69, 9.17) is 5.73 Å². The summed E-state index contributed by atoms with van der Waals surface area (Å²) in [5, 5.41) is 3.63. The summed E-state index contributed by atoms with van der Waals surface area (Å²) < 4.78 is 0. The van der Waals surface area contributed by atoms with Crippen LogP contribution in [0.5, 0.6) is 0 Å². The molecule has 0 aliphatic heterocycles. The fourth-order valence-electron chi connectivity index (χ4n) is 3.00. The summed E-state index contributed by atoms with van der Waals surface area (Å²) in [7, 11) is 0. The zero-order valence-corrected chi connectivity index (χ0v) is 12.2. The highest BCUT2D eigenvalue weighted by Crippen LogP contribution is 2.42. The van der Waals surface area contributed by atoms with Gasteiger partial charge in [-0.25, -0.2) is 0 Å². The maximum atomic E-state index is 6.20. The first kappa shape index (κ1) is 14.5. The lowest BCUT2D eigenvalue weighted by Crippen LogP contribution is -2.39. The SMILES string of the molecule is CCC1(CNCCCC(N)c2ccccc2)CCC1. The molecule has 19 heavy (non-hydrogen) atoms. The minimum Gasteiger partial charge on any atom is -0.324 e. The molecule has 3 N–H and O–H groups in total. The molecule has 2 nitrogen and oxygen atoms in total. The standard InChI is InChI=1S/C17H28N2/c1-2-17(11-7-12-17)14-19-13-6-10-16(18)15-8-4-3-5-9-15/h3-5,8-9,16,19H,2,6-7,10-14,18H2,1H3. The summed E-state index contributed by atoms with van der Waals surface area (Å²) in [6.07, 6.45) is 7.81. The molecule has 1 unspecified atom stereocenters. The van der Waals surface area contributed by atoms with Crippen molar-refractivity contribution >= 4 is 0 Å². The van der Waals surface area contributed by atoms with Gasteiger partial charge in [-0.15, -0.1) is 0 Å². The van der Waals surface area contributed by atoms with Crippen LogP contribution >= 0.6 is 0 Å². The van der Waals surface area contributed by atoms with Crippen LogP contribution in [-0.4, -0.2) is 13.1 Å². The molecule has 0 heterocycles. The molecule has 1 saturated carbocycles. The molecule has 2 rings (SSSR count). The number of hydrogen-bond donors (Lipinski definition) is 2. The summed E-state index contributed by atoms with van der Waals surface area (Å²) in [4.78, 5) is 0. The number of benzene rings is 1. The van der Waals surface area contributed by atoms with Crippen molar-refractivity contribution in [1.82, 2.24) is 5.32 Å². The number of nitrogens with two attached hydrogens (primary N) is 1. The molecule has 0 aromatic heterocycles. The Morgan fingerprint density at radius 2 is 2.00 bits per heavy atom. The van der Waals surface area contributed by atoms with Gasteiger partial charge in [-0.1, -0.05) is 43.7 Å². The van der Waals surface area contributed by atoms with E-state index in [1.54, 1.807) is 0 Å². The van der Waals surface area contributed by atoms with Crippen molar-refractivity contribution < 1.29 is 0 Å². The highest BCUT2D eigenvalue weighted by molar-refractivity contribution is 5.18. The Balaban J connectivity index is 1.59. The molecular weight excluding hydrogens is 232 g/mol. The highest BCUT2D eigenvalue weighted by atomic mass is 14.9. The molecule has 0 radical (unpaired) electrons. The lowest BCUT2D eigenvalue weighted by atomic mass is 9.67. The fraction of sp³-hybridized carbons (Fsp3) is 0.647. The van der Waals surface area contributed by atoms with Gasteiger partial charge < -0.3 is 11.1 Å². The number of hydrogen-bond acceptors (Lipinski definition) is 2. The predicted octanol–water partition coefficient (Wildman–Crippen LogP) is 3.64. The van der Waals surface area contributed by atoms with Crippen molar-refractivity contribution in [2.75, 3.05) is 13.1 Å². The molecule has 2 heteroatoms. The second kappa shape index (κ2) is 7.06. The first-order chi connectivity index (χ1) is 9.26. The number of rotatable bonds is 8. The second-order valence-corrected chi connectivity index (χ2v) is 6.04. The van der Waals surface area contributed by atoms with Crippen LogP contribution in [0.2, 0.25) is 0 Å². The van der Waals surface area contributed by atoms with Gasteiger partial charge in [0.2, 0.25) is 0 Å². The Labute approximate surface area is 117 Å². The van der Waals surface area contributed by atoms with E-state index in [0.717, 1.165) is 19.4 Å². The van der Waals surface area contributed by atoms with Crippen LogP contribution in [-0.2, 0) is 0 Å². The van der Waals surface area contributed by atoms with Crippen molar-refractivity contribution in [2.24, 2.45) is 11.1 Å². The van der Waals surface area contributed by atoms with Crippen LogP contribution in [0.25, 0.3) is 0 Å². The maximum Gasteiger partial charge on any atom is 0.0295 e. The minimum atomic E-state index is 0.187. The van der Waals surface area contributed by atoms with Gasteiger partial charge in [0.05, 0.1) is 0 Å². The lowest BCUT2D eigenvalue weighted by Gasteiger charge is -2.41. The zero-order chi connectivity index (χ0) is 13.6. The third-order valence-electron chi connectivity index (χ3n) is 4.76. The average Bonchev–Trinajstić information content (AvgIpc) is 2.42. The molecule has 1 aromatic carbocycles. The highest BCUT2D eigenvalue weighted by Gasteiger charge is 2.34. The Bertz CT molecular complexity index is 351. The summed E-state index contributed by atoms with van der Waals surface area (Å²) in [6, 6.07) is 10.6. The van der Waals surface area contributed by atoms with Gasteiger partial charge in [0.1, 0.15) is 0 Å². The summed E-state index contributed by atoms with van der Waals surface area (Å²) in [5.41, 5.74) is 8.08. The summed E-state index contributed by atoms with van der Waals surface area (Å²) in [6.45, 7) is 4.62. The molecule has 0 bridgehead atoms. The fourth-order valence-corrected chi connectivity index (χ4v) is 3.00. The van der Waals surface area contributed by atoms with E-state index in [9.17, 15) is 0 Å². The summed E-state index contributed by atoms with van der Waals surface area (Å²) in [5.74, 6) is 0. The van der Waals surface area contributed by atoms with E-state index in [1.807, 2.05) is 6.07 Å². The van der Waals surface area contributed by atoms with Crippen LogP contribution < -0.4 is 11.1 Å². The van der Waals surface area contributed by atoms with Gasteiger partial charge in [0.25, 0.3) is 0 Å². The third kappa shape index (κ3) is 4.05. The zero-order valence-electron chi connectivity index (χ0n) is 12.2. The lowest BCUT2D eigenvalue weighted by molar-refractivity contribution is 0.124. The van der Waals surface area contributed by atoms with Crippen molar-refractivity contribution in [2.45, 2.75) is 51.5 Å². The number of nitrogens with one attached hydrogen (secondary N) is 1. The van der Waals surface area contributed by atoms with Gasteiger partial charge in [-0.2, -0.15) is 0 Å². The van der Waals surface area contributed by atoms with Gasteiger partial charge in [0, 0.05) is 12.6 Å². The Hall–Kier alpha value is -0.860. The molecule has 1 aliphatic rings. The molecule has 1 atom stereocenters. The molecule has 0 spiro atoms. The van der Waals surface area contributed by atoms with E-state index in [0.29, 0.717) is 5.41 Å². The van der Waals surface area contributed by atoms with E-state index in [2.05, 4.69) is 36.5 Å². The van der Waals surface area contributed by atoms with E-state index in [1.165, 1.54) is 37.8 Å². The largest absolute Gasteiger partial charge is 0.324 e. The first-order valence-electron chi connectivity index (χ1n) is 7.77. The first-order valence-corrected chi connectivity index (χ1v) is 7.77. The van der Waals surface area contributed by atoms with Crippen LogP contribution in [0.1, 0.15) is 57.1 Å². The van der Waals surface area contributed by atoms with Gasteiger partial charge in [0.15, 0.2) is 0 Å². The van der Waals surface area contributed by atoms with Gasteiger partial charge >= 0.3 is 0 Å². The van der Waals surface area contributed by atoms with Crippen LogP contribution in [0.15, 0.2) is 30.3 Å². The smallest absolute Gasteiger partial charge is 0.0295 e. The van der Waals surface area contributed by atoms with Crippen LogP contribution in [0, 0.1) is 5.41 Å². The normalized spacial score (nSPS) is 18.8. The Kier molecular flexibility index (Phi) is 5.41. The van der Waals surface area contributed by atoms with E-state index < -0.39 is 0 Å². The monoisotopic (exact) mass is 260 g/mol. The molecule has 1 fully saturated rings. The average molecular weight is 260 g/mol. The minimum absolute atomic E-state index is 0.187. The molecule has 1 aliphatic carbocycles. The molecular formula is C17H28N2. The van der Waals surface area contributed by atoms with Crippen molar-refractivity contribution in [1.29, 1.82) is 0 Å². The van der Waals surface area contributed by atoms with Crippen molar-refractivity contribution in [3.05, 3.63) is 35.9 Å². The van der Waals surface area contributed by atoms with Crippen molar-refractivity contribution in [3.63, 3.8) is 0 Å². The summed E-state index contributed by atoms with van der Waals surface area (Å²) >= 11 is 0. The predicted molar refractivity (Wildman–Crippen MR) is 82.0 cm³/mol. The molecule has 106 valence electrons. The van der Waals surface area contributed by atoms with Gasteiger partial charge in [-0.3, -0.25) is 0 Å².